The van der Waals surface area contributed by atoms with E-state index in [1.165, 1.54) is 6.20 Å². The van der Waals surface area contributed by atoms with Gasteiger partial charge in [0, 0.05) is 31.7 Å². The first-order valence-electron chi connectivity index (χ1n) is 6.84. The van der Waals surface area contributed by atoms with E-state index in [0.29, 0.717) is 22.4 Å². The van der Waals surface area contributed by atoms with Crippen molar-refractivity contribution in [3.8, 4) is 0 Å². The molecule has 3 rings (SSSR count). The lowest BCUT2D eigenvalue weighted by Gasteiger charge is -2.33. The van der Waals surface area contributed by atoms with Crippen molar-refractivity contribution >= 4 is 23.3 Å². The standard InChI is InChI=1S/C14H16ClN5O/c15-12-8-10(13(16)21)9-17-14(12)19-6-2-11(3-7-19)20-5-1-4-18-20/h1,4-5,8-9,11H,2-3,6-7H2,(H2,16,21). The largest absolute Gasteiger partial charge is 0.366 e. The Labute approximate surface area is 127 Å². The summed E-state index contributed by atoms with van der Waals surface area (Å²) in [5.41, 5.74) is 5.55. The average molecular weight is 306 g/mol. The number of amides is 1. The maximum absolute atomic E-state index is 11.1. The van der Waals surface area contributed by atoms with E-state index in [1.54, 1.807) is 12.3 Å². The molecule has 1 fully saturated rings. The highest BCUT2D eigenvalue weighted by Gasteiger charge is 2.23. The van der Waals surface area contributed by atoms with E-state index in [0.717, 1.165) is 25.9 Å². The highest BCUT2D eigenvalue weighted by Crippen LogP contribution is 2.29. The van der Waals surface area contributed by atoms with Gasteiger partial charge >= 0.3 is 0 Å². The molecular formula is C14H16ClN5O. The number of rotatable bonds is 3. The fraction of sp³-hybridized carbons (Fsp3) is 0.357. The molecule has 7 heteroatoms. The molecule has 0 aromatic carbocycles. The van der Waals surface area contributed by atoms with Crippen molar-refractivity contribution in [1.82, 2.24) is 14.8 Å². The van der Waals surface area contributed by atoms with Crippen LogP contribution >= 0.6 is 11.6 Å². The lowest BCUT2D eigenvalue weighted by atomic mass is 10.1. The molecule has 6 nitrogen and oxygen atoms in total. The van der Waals surface area contributed by atoms with Crippen LogP contribution in [0, 0.1) is 0 Å². The second kappa shape index (κ2) is 5.73. The van der Waals surface area contributed by atoms with Crippen molar-refractivity contribution in [2.24, 2.45) is 5.73 Å². The Morgan fingerprint density at radius 3 is 2.71 bits per heavy atom. The Hall–Kier alpha value is -2.08. The van der Waals surface area contributed by atoms with Gasteiger partial charge in [0.2, 0.25) is 5.91 Å². The predicted molar refractivity (Wildman–Crippen MR) is 80.5 cm³/mol. The highest BCUT2D eigenvalue weighted by atomic mass is 35.5. The fourth-order valence-corrected chi connectivity index (χ4v) is 2.92. The summed E-state index contributed by atoms with van der Waals surface area (Å²) in [5.74, 6) is 0.189. The molecule has 0 bridgehead atoms. The lowest BCUT2D eigenvalue weighted by Crippen LogP contribution is -2.35. The fourth-order valence-electron chi connectivity index (χ4n) is 2.64. The van der Waals surface area contributed by atoms with Gasteiger partial charge in [0.25, 0.3) is 0 Å². The zero-order valence-corrected chi connectivity index (χ0v) is 12.2. The van der Waals surface area contributed by atoms with Gasteiger partial charge in [-0.25, -0.2) is 4.98 Å². The molecule has 0 radical (unpaired) electrons. The van der Waals surface area contributed by atoms with Crippen LogP contribution in [0.15, 0.2) is 30.7 Å². The number of nitrogens with zero attached hydrogens (tertiary/aromatic N) is 4. The van der Waals surface area contributed by atoms with E-state index in [9.17, 15) is 4.79 Å². The molecule has 0 atom stereocenters. The molecule has 1 aliphatic heterocycles. The summed E-state index contributed by atoms with van der Waals surface area (Å²) in [6.45, 7) is 1.71. The monoisotopic (exact) mass is 305 g/mol. The molecule has 1 aliphatic rings. The third kappa shape index (κ3) is 2.85. The van der Waals surface area contributed by atoms with E-state index in [-0.39, 0.29) is 0 Å². The van der Waals surface area contributed by atoms with Crippen LogP contribution in [0.25, 0.3) is 0 Å². The molecule has 0 aliphatic carbocycles. The van der Waals surface area contributed by atoms with Crippen molar-refractivity contribution < 1.29 is 4.79 Å². The molecule has 3 heterocycles. The maximum atomic E-state index is 11.1. The average Bonchev–Trinajstić information content (AvgIpc) is 3.01. The molecule has 0 saturated carbocycles. The number of aromatic nitrogens is 3. The molecule has 2 aromatic heterocycles. The summed E-state index contributed by atoms with van der Waals surface area (Å²) in [7, 11) is 0. The SMILES string of the molecule is NC(=O)c1cnc(N2CCC(n3cccn3)CC2)c(Cl)c1. The summed E-state index contributed by atoms with van der Waals surface area (Å²) >= 11 is 6.21. The van der Waals surface area contributed by atoms with E-state index < -0.39 is 5.91 Å². The Bertz CT molecular complexity index is 635. The molecule has 1 saturated heterocycles. The number of piperidine rings is 1. The van der Waals surface area contributed by atoms with Gasteiger partial charge in [-0.1, -0.05) is 11.6 Å². The van der Waals surface area contributed by atoms with Gasteiger partial charge in [0.15, 0.2) is 0 Å². The first-order chi connectivity index (χ1) is 10.1. The Morgan fingerprint density at radius 2 is 2.14 bits per heavy atom. The summed E-state index contributed by atoms with van der Waals surface area (Å²) in [6, 6.07) is 3.93. The number of hydrogen-bond donors (Lipinski definition) is 1. The van der Waals surface area contributed by atoms with Crippen LogP contribution in [0.4, 0.5) is 5.82 Å². The zero-order chi connectivity index (χ0) is 14.8. The minimum Gasteiger partial charge on any atom is -0.366 e. The second-order valence-corrected chi connectivity index (χ2v) is 5.51. The molecule has 2 N–H and O–H groups in total. The van der Waals surface area contributed by atoms with E-state index in [4.69, 9.17) is 17.3 Å². The summed E-state index contributed by atoms with van der Waals surface area (Å²) < 4.78 is 2.00. The highest BCUT2D eigenvalue weighted by molar-refractivity contribution is 6.33. The van der Waals surface area contributed by atoms with Crippen LogP contribution in [0.3, 0.4) is 0 Å². The third-order valence-electron chi connectivity index (χ3n) is 3.77. The molecule has 21 heavy (non-hydrogen) atoms. The number of primary amides is 1. The van der Waals surface area contributed by atoms with Crippen LogP contribution in [-0.2, 0) is 0 Å². The molecule has 110 valence electrons. The molecule has 0 spiro atoms. The number of anilines is 1. The van der Waals surface area contributed by atoms with Gasteiger partial charge in [-0.15, -0.1) is 0 Å². The van der Waals surface area contributed by atoms with E-state index >= 15 is 0 Å². The Kier molecular flexibility index (Phi) is 3.79. The predicted octanol–water partition coefficient (Wildman–Crippen LogP) is 1.87. The van der Waals surface area contributed by atoms with Crippen LogP contribution < -0.4 is 10.6 Å². The summed E-state index contributed by atoms with van der Waals surface area (Å²) in [6.07, 6.45) is 7.23. The summed E-state index contributed by atoms with van der Waals surface area (Å²) in [4.78, 5) is 17.5. The summed E-state index contributed by atoms with van der Waals surface area (Å²) in [5, 5.41) is 4.75. The molecular weight excluding hydrogens is 290 g/mol. The van der Waals surface area contributed by atoms with Crippen molar-refractivity contribution in [1.29, 1.82) is 0 Å². The number of hydrogen-bond acceptors (Lipinski definition) is 4. The lowest BCUT2D eigenvalue weighted by molar-refractivity contribution is 0.1000. The van der Waals surface area contributed by atoms with Crippen LogP contribution in [0.1, 0.15) is 29.2 Å². The second-order valence-electron chi connectivity index (χ2n) is 5.10. The third-order valence-corrected chi connectivity index (χ3v) is 4.05. The van der Waals surface area contributed by atoms with Gasteiger partial charge in [-0.2, -0.15) is 5.10 Å². The first-order valence-corrected chi connectivity index (χ1v) is 7.22. The van der Waals surface area contributed by atoms with Crippen molar-refractivity contribution in [3.63, 3.8) is 0 Å². The molecule has 2 aromatic rings. The van der Waals surface area contributed by atoms with Gasteiger partial charge in [0.05, 0.1) is 16.6 Å². The minimum absolute atomic E-state index is 0.329. The quantitative estimate of drug-likeness (QED) is 0.939. The van der Waals surface area contributed by atoms with Gasteiger partial charge < -0.3 is 10.6 Å². The number of pyridine rings is 1. The number of halogens is 1. The zero-order valence-electron chi connectivity index (χ0n) is 11.4. The topological polar surface area (TPSA) is 77.0 Å². The molecule has 0 unspecified atom stereocenters. The van der Waals surface area contributed by atoms with E-state index in [1.807, 2.05) is 16.9 Å². The van der Waals surface area contributed by atoms with Gasteiger partial charge in [0.1, 0.15) is 5.82 Å². The molecule has 1 amide bonds. The maximum Gasteiger partial charge on any atom is 0.250 e. The van der Waals surface area contributed by atoms with E-state index in [2.05, 4.69) is 15.0 Å². The van der Waals surface area contributed by atoms with Gasteiger partial charge in [-0.05, 0) is 25.0 Å². The van der Waals surface area contributed by atoms with Crippen molar-refractivity contribution in [2.45, 2.75) is 18.9 Å². The number of carbonyl (C=O) groups is 1. The van der Waals surface area contributed by atoms with Gasteiger partial charge in [-0.3, -0.25) is 9.48 Å². The van der Waals surface area contributed by atoms with Crippen LogP contribution in [0.5, 0.6) is 0 Å². The smallest absolute Gasteiger partial charge is 0.250 e. The first kappa shape index (κ1) is 13.9. The van der Waals surface area contributed by atoms with Crippen molar-refractivity contribution in [2.75, 3.05) is 18.0 Å². The minimum atomic E-state index is -0.520. The van der Waals surface area contributed by atoms with Crippen LogP contribution in [-0.4, -0.2) is 33.8 Å². The normalized spacial score (nSPS) is 16.1. The Balaban J connectivity index is 1.71. The number of nitrogens with two attached hydrogens (primary N) is 1. The van der Waals surface area contributed by atoms with Crippen LogP contribution in [0.2, 0.25) is 5.02 Å². The Morgan fingerprint density at radius 1 is 1.38 bits per heavy atom. The van der Waals surface area contributed by atoms with Crippen molar-refractivity contribution in [3.05, 3.63) is 41.3 Å². The number of carbonyl (C=O) groups excluding carboxylic acids is 1.